The smallest absolute Gasteiger partial charge is 0.211 e. The SMILES string of the molecule is CC(C)Oc1cc(C2CCN(C)CC2)ncc1NC=O. The van der Waals surface area contributed by atoms with Gasteiger partial charge in [-0.15, -0.1) is 0 Å². The molecule has 1 aromatic heterocycles. The van der Waals surface area contributed by atoms with Gasteiger partial charge >= 0.3 is 0 Å². The van der Waals surface area contributed by atoms with E-state index in [4.69, 9.17) is 4.74 Å². The van der Waals surface area contributed by atoms with E-state index in [0.717, 1.165) is 31.6 Å². The molecule has 0 atom stereocenters. The highest BCUT2D eigenvalue weighted by Gasteiger charge is 2.21. The molecule has 0 unspecified atom stereocenters. The Kier molecular flexibility index (Phi) is 4.95. The highest BCUT2D eigenvalue weighted by Crippen LogP contribution is 2.32. The Labute approximate surface area is 120 Å². The first kappa shape index (κ1) is 14.8. The molecule has 1 fully saturated rings. The number of pyridine rings is 1. The zero-order valence-corrected chi connectivity index (χ0v) is 12.4. The van der Waals surface area contributed by atoms with Crippen molar-refractivity contribution in [3.05, 3.63) is 18.0 Å². The number of carbonyl (C=O) groups is 1. The summed E-state index contributed by atoms with van der Waals surface area (Å²) in [5.74, 6) is 1.18. The number of amides is 1. The Morgan fingerprint density at radius 3 is 2.75 bits per heavy atom. The van der Waals surface area contributed by atoms with Crippen molar-refractivity contribution in [2.75, 3.05) is 25.5 Å². The van der Waals surface area contributed by atoms with Crippen LogP contribution in [0.3, 0.4) is 0 Å². The van der Waals surface area contributed by atoms with Crippen molar-refractivity contribution < 1.29 is 9.53 Å². The molecule has 110 valence electrons. The number of aromatic nitrogens is 1. The summed E-state index contributed by atoms with van der Waals surface area (Å²) in [5.41, 5.74) is 1.69. The highest BCUT2D eigenvalue weighted by molar-refractivity contribution is 5.74. The molecule has 5 nitrogen and oxygen atoms in total. The number of ether oxygens (including phenoxy) is 1. The minimum atomic E-state index is 0.0648. The van der Waals surface area contributed by atoms with Crippen molar-refractivity contribution in [1.82, 2.24) is 9.88 Å². The molecule has 2 heterocycles. The fourth-order valence-corrected chi connectivity index (χ4v) is 2.50. The fourth-order valence-electron chi connectivity index (χ4n) is 2.50. The Morgan fingerprint density at radius 2 is 2.15 bits per heavy atom. The van der Waals surface area contributed by atoms with E-state index in [-0.39, 0.29) is 6.10 Å². The van der Waals surface area contributed by atoms with Crippen molar-refractivity contribution >= 4 is 12.1 Å². The van der Waals surface area contributed by atoms with Crippen molar-refractivity contribution in [1.29, 1.82) is 0 Å². The molecule has 20 heavy (non-hydrogen) atoms. The van der Waals surface area contributed by atoms with Crippen LogP contribution in [-0.4, -0.2) is 42.5 Å². The van der Waals surface area contributed by atoms with Gasteiger partial charge in [0.1, 0.15) is 11.4 Å². The van der Waals surface area contributed by atoms with Gasteiger partial charge in [-0.05, 0) is 46.8 Å². The summed E-state index contributed by atoms with van der Waals surface area (Å²) < 4.78 is 5.78. The minimum Gasteiger partial charge on any atom is -0.489 e. The Morgan fingerprint density at radius 1 is 1.45 bits per heavy atom. The maximum atomic E-state index is 10.6. The summed E-state index contributed by atoms with van der Waals surface area (Å²) in [7, 11) is 2.15. The zero-order chi connectivity index (χ0) is 14.5. The molecule has 0 aromatic carbocycles. The lowest BCUT2D eigenvalue weighted by Gasteiger charge is -2.29. The molecule has 5 heteroatoms. The molecule has 0 radical (unpaired) electrons. The van der Waals surface area contributed by atoms with Crippen LogP contribution in [0.25, 0.3) is 0 Å². The molecule has 1 saturated heterocycles. The van der Waals surface area contributed by atoms with Gasteiger partial charge in [-0.2, -0.15) is 0 Å². The lowest BCUT2D eigenvalue weighted by Crippen LogP contribution is -2.29. The zero-order valence-electron chi connectivity index (χ0n) is 12.4. The van der Waals surface area contributed by atoms with Crippen LogP contribution < -0.4 is 10.1 Å². The van der Waals surface area contributed by atoms with Gasteiger partial charge in [0.25, 0.3) is 0 Å². The van der Waals surface area contributed by atoms with E-state index >= 15 is 0 Å². The van der Waals surface area contributed by atoms with Crippen molar-refractivity contribution in [3.63, 3.8) is 0 Å². The van der Waals surface area contributed by atoms with Crippen LogP contribution in [-0.2, 0) is 4.79 Å². The first-order valence-corrected chi connectivity index (χ1v) is 7.15. The maximum absolute atomic E-state index is 10.6. The number of piperidine rings is 1. The van der Waals surface area contributed by atoms with Gasteiger partial charge in [0.05, 0.1) is 12.3 Å². The first-order chi connectivity index (χ1) is 9.60. The summed E-state index contributed by atoms with van der Waals surface area (Å²) in [6.45, 7) is 6.14. The number of nitrogens with one attached hydrogen (secondary N) is 1. The van der Waals surface area contributed by atoms with E-state index in [1.54, 1.807) is 6.20 Å². The lowest BCUT2D eigenvalue weighted by molar-refractivity contribution is -0.105. The van der Waals surface area contributed by atoms with Gasteiger partial charge in [0, 0.05) is 17.7 Å². The van der Waals surface area contributed by atoms with Gasteiger partial charge in [-0.25, -0.2) is 0 Å². The second-order valence-electron chi connectivity index (χ2n) is 5.61. The Bertz CT molecular complexity index is 454. The van der Waals surface area contributed by atoms with Gasteiger partial charge in [0.2, 0.25) is 6.41 Å². The summed E-state index contributed by atoms with van der Waals surface area (Å²) >= 11 is 0. The summed E-state index contributed by atoms with van der Waals surface area (Å²) in [5, 5.41) is 2.64. The minimum absolute atomic E-state index is 0.0648. The first-order valence-electron chi connectivity index (χ1n) is 7.15. The standard InChI is InChI=1S/C15H23N3O2/c1-11(2)20-15-8-13(16-9-14(15)17-10-19)12-4-6-18(3)7-5-12/h8-12H,4-7H2,1-3H3,(H,17,19). The number of rotatable bonds is 5. The van der Waals surface area contributed by atoms with Crippen LogP contribution in [0.15, 0.2) is 12.3 Å². The summed E-state index contributed by atoms with van der Waals surface area (Å²) in [4.78, 5) is 17.5. The monoisotopic (exact) mass is 277 g/mol. The topological polar surface area (TPSA) is 54.5 Å². The van der Waals surface area contributed by atoms with Crippen molar-refractivity contribution in [3.8, 4) is 5.75 Å². The summed E-state index contributed by atoms with van der Waals surface area (Å²) in [6, 6.07) is 1.97. The quantitative estimate of drug-likeness (QED) is 0.839. The molecule has 0 bridgehead atoms. The number of nitrogens with zero attached hydrogens (tertiary/aromatic N) is 2. The van der Waals surface area contributed by atoms with Gasteiger partial charge in [0.15, 0.2) is 0 Å². The molecule has 1 aliphatic rings. The Hall–Kier alpha value is -1.62. The van der Waals surface area contributed by atoms with E-state index < -0.39 is 0 Å². The molecule has 0 aliphatic carbocycles. The van der Waals surface area contributed by atoms with Gasteiger partial charge in [-0.1, -0.05) is 0 Å². The van der Waals surface area contributed by atoms with E-state index in [9.17, 15) is 4.79 Å². The predicted molar refractivity (Wildman–Crippen MR) is 79.2 cm³/mol. The predicted octanol–water partition coefficient (Wildman–Crippen LogP) is 2.25. The van der Waals surface area contributed by atoms with Crippen LogP contribution in [0.4, 0.5) is 5.69 Å². The van der Waals surface area contributed by atoms with Crippen LogP contribution in [0.1, 0.15) is 38.3 Å². The maximum Gasteiger partial charge on any atom is 0.211 e. The molecular weight excluding hydrogens is 254 g/mol. The normalized spacial score (nSPS) is 17.2. The number of likely N-dealkylation sites (tertiary alicyclic amines) is 1. The molecular formula is C15H23N3O2. The number of hydrogen-bond donors (Lipinski definition) is 1. The van der Waals surface area contributed by atoms with Gasteiger partial charge < -0.3 is 15.0 Å². The largest absolute Gasteiger partial charge is 0.489 e. The summed E-state index contributed by atoms with van der Waals surface area (Å²) in [6.07, 6.45) is 4.64. The second-order valence-corrected chi connectivity index (χ2v) is 5.61. The van der Waals surface area contributed by atoms with E-state index in [2.05, 4.69) is 22.2 Å². The number of anilines is 1. The van der Waals surface area contributed by atoms with E-state index in [0.29, 0.717) is 23.8 Å². The lowest BCUT2D eigenvalue weighted by atomic mass is 9.93. The molecule has 0 saturated carbocycles. The Balaban J connectivity index is 2.19. The molecule has 1 N–H and O–H groups in total. The van der Waals surface area contributed by atoms with Crippen molar-refractivity contribution in [2.45, 2.75) is 38.7 Å². The second kappa shape index (κ2) is 6.70. The molecule has 2 rings (SSSR count). The number of hydrogen-bond acceptors (Lipinski definition) is 4. The van der Waals surface area contributed by atoms with E-state index in [1.165, 1.54) is 0 Å². The number of carbonyl (C=O) groups excluding carboxylic acids is 1. The van der Waals surface area contributed by atoms with Crippen LogP contribution >= 0.6 is 0 Å². The molecule has 1 amide bonds. The average Bonchev–Trinajstić information content (AvgIpc) is 2.41. The highest BCUT2D eigenvalue weighted by atomic mass is 16.5. The molecule has 0 spiro atoms. The average molecular weight is 277 g/mol. The molecule has 1 aliphatic heterocycles. The van der Waals surface area contributed by atoms with Crippen LogP contribution in [0.5, 0.6) is 5.75 Å². The van der Waals surface area contributed by atoms with Crippen LogP contribution in [0.2, 0.25) is 0 Å². The van der Waals surface area contributed by atoms with E-state index in [1.807, 2.05) is 19.9 Å². The molecule has 1 aromatic rings. The third-order valence-electron chi connectivity index (χ3n) is 3.60. The third kappa shape index (κ3) is 3.70. The van der Waals surface area contributed by atoms with Crippen LogP contribution in [0, 0.1) is 0 Å². The fraction of sp³-hybridized carbons (Fsp3) is 0.600. The van der Waals surface area contributed by atoms with Crippen molar-refractivity contribution in [2.24, 2.45) is 0 Å². The van der Waals surface area contributed by atoms with Gasteiger partial charge in [-0.3, -0.25) is 9.78 Å². The third-order valence-corrected chi connectivity index (χ3v) is 3.60.